The van der Waals surface area contributed by atoms with Gasteiger partial charge in [-0.15, -0.1) is 0 Å². The molecule has 4 heterocycles. The smallest absolute Gasteiger partial charge is 0.135 e. The van der Waals surface area contributed by atoms with Crippen LogP contribution in [0.1, 0.15) is 0 Å². The van der Waals surface area contributed by atoms with Crippen molar-refractivity contribution in [3.05, 3.63) is 176 Å². The van der Waals surface area contributed by atoms with E-state index in [9.17, 15) is 0 Å². The van der Waals surface area contributed by atoms with Gasteiger partial charge in [-0.1, -0.05) is 103 Å². The lowest BCUT2D eigenvalue weighted by atomic mass is 10.1. The van der Waals surface area contributed by atoms with E-state index in [0.29, 0.717) is 0 Å². The van der Waals surface area contributed by atoms with E-state index >= 15 is 0 Å². The molecule has 0 N–H and O–H groups in total. The highest BCUT2D eigenvalue weighted by Gasteiger charge is 2.22. The third-order valence-electron chi connectivity index (χ3n) is 11.0. The molecule has 0 amide bonds. The van der Waals surface area contributed by atoms with Gasteiger partial charge in [0, 0.05) is 60.2 Å². The van der Waals surface area contributed by atoms with Crippen LogP contribution in [0.4, 0.5) is 0 Å². The highest BCUT2D eigenvalue weighted by Crippen LogP contribution is 2.43. The summed E-state index contributed by atoms with van der Waals surface area (Å²) in [6, 6.07) is 63.6. The summed E-state index contributed by atoms with van der Waals surface area (Å²) >= 11 is 0. The zero-order valence-electron chi connectivity index (χ0n) is 28.0. The van der Waals surface area contributed by atoms with E-state index < -0.39 is 0 Å². The monoisotopic (exact) mass is 663 g/mol. The molecular formula is C48H29N3O. The second-order valence-corrected chi connectivity index (χ2v) is 13.7. The Morgan fingerprint density at radius 1 is 0.288 bits per heavy atom. The van der Waals surface area contributed by atoms with Gasteiger partial charge in [-0.05, 0) is 72.8 Å². The first-order chi connectivity index (χ1) is 25.8. The van der Waals surface area contributed by atoms with Crippen molar-refractivity contribution in [2.75, 3.05) is 0 Å². The normalized spacial score (nSPS) is 12.2. The Balaban J connectivity index is 1.17. The third-order valence-corrected chi connectivity index (χ3v) is 11.0. The summed E-state index contributed by atoms with van der Waals surface area (Å²) in [4.78, 5) is 0. The average Bonchev–Trinajstić information content (AvgIpc) is 3.94. The zero-order chi connectivity index (χ0) is 33.9. The minimum Gasteiger partial charge on any atom is -0.456 e. The summed E-state index contributed by atoms with van der Waals surface area (Å²) in [5.41, 5.74) is 12.3. The summed E-state index contributed by atoms with van der Waals surface area (Å²) < 4.78 is 13.5. The lowest BCUT2D eigenvalue weighted by Crippen LogP contribution is -1.98. The molecule has 0 aliphatic rings. The molecule has 0 bridgehead atoms. The number of aromatic nitrogens is 3. The van der Waals surface area contributed by atoms with E-state index in [1.165, 1.54) is 65.4 Å². The molecule has 0 atom stereocenters. The van der Waals surface area contributed by atoms with Gasteiger partial charge < -0.3 is 18.1 Å². The van der Waals surface area contributed by atoms with Crippen molar-refractivity contribution >= 4 is 87.4 Å². The van der Waals surface area contributed by atoms with Crippen LogP contribution in [0, 0.1) is 0 Å². The van der Waals surface area contributed by atoms with Gasteiger partial charge in [0.1, 0.15) is 11.2 Å². The fourth-order valence-corrected chi connectivity index (χ4v) is 8.88. The van der Waals surface area contributed by atoms with Gasteiger partial charge in [0.2, 0.25) is 0 Å². The lowest BCUT2D eigenvalue weighted by Gasteiger charge is -2.13. The molecular weight excluding hydrogens is 635 g/mol. The minimum atomic E-state index is 0.899. The summed E-state index contributed by atoms with van der Waals surface area (Å²) in [6.45, 7) is 0. The lowest BCUT2D eigenvalue weighted by molar-refractivity contribution is 0.669. The van der Waals surface area contributed by atoms with Crippen molar-refractivity contribution in [1.82, 2.24) is 13.7 Å². The number of furan rings is 1. The van der Waals surface area contributed by atoms with Crippen molar-refractivity contribution in [3.63, 3.8) is 0 Å². The van der Waals surface area contributed by atoms with E-state index in [-0.39, 0.29) is 0 Å². The molecule has 0 radical (unpaired) electrons. The second-order valence-electron chi connectivity index (χ2n) is 13.7. The first-order valence-electron chi connectivity index (χ1n) is 17.8. The number of fused-ring (bicyclic) bond motifs is 13. The zero-order valence-corrected chi connectivity index (χ0v) is 28.0. The molecule has 0 saturated heterocycles. The van der Waals surface area contributed by atoms with Gasteiger partial charge in [0.25, 0.3) is 0 Å². The van der Waals surface area contributed by atoms with Crippen molar-refractivity contribution < 1.29 is 4.42 Å². The molecule has 0 saturated carbocycles. The Kier molecular flexibility index (Phi) is 5.47. The van der Waals surface area contributed by atoms with Gasteiger partial charge in [0.05, 0.1) is 33.1 Å². The Morgan fingerprint density at radius 2 is 0.788 bits per heavy atom. The molecule has 8 aromatic carbocycles. The molecule has 4 aromatic heterocycles. The molecule has 0 fully saturated rings. The fourth-order valence-electron chi connectivity index (χ4n) is 8.88. The number of rotatable bonds is 3. The van der Waals surface area contributed by atoms with Crippen LogP contribution in [0.5, 0.6) is 0 Å². The Labute approximate surface area is 297 Å². The predicted molar refractivity (Wildman–Crippen MR) is 217 cm³/mol. The second kappa shape index (κ2) is 10.3. The summed E-state index contributed by atoms with van der Waals surface area (Å²) in [5.74, 6) is 0. The molecule has 0 aliphatic heterocycles. The Hall–Kier alpha value is -7.04. The Morgan fingerprint density at radius 3 is 1.48 bits per heavy atom. The van der Waals surface area contributed by atoms with Crippen molar-refractivity contribution in [3.8, 4) is 17.1 Å². The molecule has 242 valence electrons. The first kappa shape index (κ1) is 27.7. The topological polar surface area (TPSA) is 27.9 Å². The molecule has 12 rings (SSSR count). The highest BCUT2D eigenvalue weighted by atomic mass is 16.3. The SMILES string of the molecule is c1cc(-n2c3ccccc3c3ccccc32)cc(-n2c3ccccc3c3c2ccc2c4ccccc4n(-c4ccc5oc6ccccc6c5c4)c23)c1. The van der Waals surface area contributed by atoms with Crippen molar-refractivity contribution in [1.29, 1.82) is 0 Å². The standard InChI is InChI=1S/C48H29N3O/c1-6-19-40-33(14-1)34-15-2-7-20-41(34)49(40)30-12-11-13-31(28-30)50-43-22-9-4-18-38(43)47-44(50)26-25-37-35-16-3-8-21-42(35)51(48(37)47)32-24-27-46-39(29-32)36-17-5-10-23-45(36)52-46/h1-29H. The summed E-state index contributed by atoms with van der Waals surface area (Å²) in [6.07, 6.45) is 0. The van der Waals surface area contributed by atoms with Gasteiger partial charge in [-0.25, -0.2) is 0 Å². The maximum Gasteiger partial charge on any atom is 0.135 e. The van der Waals surface area contributed by atoms with Crippen LogP contribution in [0.2, 0.25) is 0 Å². The van der Waals surface area contributed by atoms with E-state index in [1.54, 1.807) is 0 Å². The third kappa shape index (κ3) is 3.65. The number of hydrogen-bond acceptors (Lipinski definition) is 1. The number of para-hydroxylation sites is 5. The number of benzene rings is 8. The van der Waals surface area contributed by atoms with E-state index in [0.717, 1.165) is 39.0 Å². The molecule has 52 heavy (non-hydrogen) atoms. The van der Waals surface area contributed by atoms with E-state index in [1.807, 2.05) is 12.1 Å². The van der Waals surface area contributed by atoms with Crippen molar-refractivity contribution in [2.45, 2.75) is 0 Å². The van der Waals surface area contributed by atoms with Crippen LogP contribution >= 0.6 is 0 Å². The molecule has 0 spiro atoms. The van der Waals surface area contributed by atoms with Gasteiger partial charge in [-0.3, -0.25) is 0 Å². The van der Waals surface area contributed by atoms with Crippen LogP contribution in [-0.4, -0.2) is 13.7 Å². The van der Waals surface area contributed by atoms with Crippen LogP contribution in [0.15, 0.2) is 180 Å². The molecule has 12 aromatic rings. The molecule has 4 nitrogen and oxygen atoms in total. The van der Waals surface area contributed by atoms with Crippen LogP contribution in [0.3, 0.4) is 0 Å². The largest absolute Gasteiger partial charge is 0.456 e. The van der Waals surface area contributed by atoms with Crippen LogP contribution in [0.25, 0.3) is 104 Å². The van der Waals surface area contributed by atoms with Gasteiger partial charge >= 0.3 is 0 Å². The minimum absolute atomic E-state index is 0.899. The number of nitrogens with zero attached hydrogens (tertiary/aromatic N) is 3. The Bertz CT molecular complexity index is 3370. The maximum absolute atomic E-state index is 6.25. The first-order valence-corrected chi connectivity index (χ1v) is 17.8. The van der Waals surface area contributed by atoms with Gasteiger partial charge in [-0.2, -0.15) is 0 Å². The summed E-state index contributed by atoms with van der Waals surface area (Å²) in [5, 5.41) is 9.71. The maximum atomic E-state index is 6.25. The molecule has 4 heteroatoms. The average molecular weight is 664 g/mol. The quantitative estimate of drug-likeness (QED) is 0.185. The predicted octanol–water partition coefficient (Wildman–Crippen LogP) is 12.9. The molecule has 0 aliphatic carbocycles. The van der Waals surface area contributed by atoms with Crippen LogP contribution < -0.4 is 0 Å². The van der Waals surface area contributed by atoms with Crippen LogP contribution in [-0.2, 0) is 0 Å². The van der Waals surface area contributed by atoms with E-state index in [4.69, 9.17) is 4.42 Å². The fraction of sp³-hybridized carbons (Fsp3) is 0. The van der Waals surface area contributed by atoms with Crippen molar-refractivity contribution in [2.24, 2.45) is 0 Å². The van der Waals surface area contributed by atoms with Gasteiger partial charge in [0.15, 0.2) is 0 Å². The summed E-state index contributed by atoms with van der Waals surface area (Å²) in [7, 11) is 0. The van der Waals surface area contributed by atoms with E-state index in [2.05, 4.69) is 177 Å². The molecule has 0 unspecified atom stereocenters. The highest BCUT2D eigenvalue weighted by molar-refractivity contribution is 6.26. The number of hydrogen-bond donors (Lipinski definition) is 0.